The number of hydrogen-bond donors (Lipinski definition) is 1. The molecule has 0 saturated carbocycles. The Balaban J connectivity index is 2.35. The number of carbonyl (C=O) groups is 1. The molecule has 0 unspecified atom stereocenters. The van der Waals surface area contributed by atoms with Crippen LogP contribution in [0, 0.1) is 5.41 Å². The Morgan fingerprint density at radius 2 is 1.83 bits per heavy atom. The van der Waals surface area contributed by atoms with Gasteiger partial charge in [-0.25, -0.2) is 8.42 Å². The lowest BCUT2D eigenvalue weighted by Gasteiger charge is -2.22. The van der Waals surface area contributed by atoms with E-state index in [0.717, 1.165) is 0 Å². The molecule has 0 aliphatic rings. The molecule has 1 atom stereocenters. The highest BCUT2D eigenvalue weighted by Gasteiger charge is 2.31. The summed E-state index contributed by atoms with van der Waals surface area (Å²) in [6.45, 7) is 5.37. The van der Waals surface area contributed by atoms with Gasteiger partial charge in [0.1, 0.15) is 9.46 Å². The van der Waals surface area contributed by atoms with Crippen molar-refractivity contribution in [1.82, 2.24) is 5.32 Å². The Morgan fingerprint density at radius 1 is 1.21 bits per heavy atom. The fourth-order valence-electron chi connectivity index (χ4n) is 2.10. The van der Waals surface area contributed by atoms with E-state index >= 15 is 0 Å². The molecule has 0 aliphatic heterocycles. The van der Waals surface area contributed by atoms with E-state index in [2.05, 4.69) is 5.32 Å². The zero-order valence-electron chi connectivity index (χ0n) is 13.7. The largest absolute Gasteiger partial charge is 0.354 e. The summed E-state index contributed by atoms with van der Waals surface area (Å²) in [7, 11) is -3.60. The average Bonchev–Trinajstić information content (AvgIpc) is 3.03. The van der Waals surface area contributed by atoms with Crippen LogP contribution >= 0.6 is 22.9 Å². The van der Waals surface area contributed by atoms with Crippen molar-refractivity contribution in [3.05, 3.63) is 52.4 Å². The molecule has 1 aromatic heterocycles. The molecule has 7 heteroatoms. The Bertz CT molecular complexity index is 791. The molecule has 0 radical (unpaired) electrons. The van der Waals surface area contributed by atoms with Crippen LogP contribution in [0.2, 0.25) is 5.02 Å². The Hall–Kier alpha value is -1.37. The van der Waals surface area contributed by atoms with Gasteiger partial charge in [-0.05, 0) is 29.1 Å². The van der Waals surface area contributed by atoms with E-state index in [1.54, 1.807) is 62.5 Å². The Labute approximate surface area is 151 Å². The molecule has 130 valence electrons. The summed E-state index contributed by atoms with van der Waals surface area (Å²) in [6.07, 6.45) is 0. The highest BCUT2D eigenvalue weighted by Crippen LogP contribution is 2.32. The van der Waals surface area contributed by atoms with Gasteiger partial charge >= 0.3 is 0 Å². The molecular weight excluding hydrogens is 366 g/mol. The van der Waals surface area contributed by atoms with Crippen molar-refractivity contribution < 1.29 is 13.2 Å². The van der Waals surface area contributed by atoms with E-state index in [1.165, 1.54) is 11.3 Å². The molecule has 2 rings (SSSR count). The highest BCUT2D eigenvalue weighted by atomic mass is 35.5. The first-order chi connectivity index (χ1) is 11.1. The first-order valence-electron chi connectivity index (χ1n) is 7.43. The quantitative estimate of drug-likeness (QED) is 0.843. The minimum Gasteiger partial charge on any atom is -0.354 e. The Kier molecular flexibility index (Phi) is 5.73. The van der Waals surface area contributed by atoms with Crippen molar-refractivity contribution in [3.8, 4) is 0 Å². The monoisotopic (exact) mass is 385 g/mol. The maximum Gasteiger partial charge on any atom is 0.225 e. The summed E-state index contributed by atoms with van der Waals surface area (Å²) in [6, 6.07) is 9.94. The molecule has 4 nitrogen and oxygen atoms in total. The maximum absolute atomic E-state index is 13.0. The molecule has 1 heterocycles. The number of thiophene rings is 1. The zero-order chi connectivity index (χ0) is 18.0. The molecule has 2 aromatic rings. The molecular formula is C17H20ClNO3S2. The molecule has 24 heavy (non-hydrogen) atoms. The average molecular weight is 386 g/mol. The van der Waals surface area contributed by atoms with E-state index in [9.17, 15) is 13.2 Å². The van der Waals surface area contributed by atoms with Crippen LogP contribution in [0.15, 0.2) is 46.0 Å². The van der Waals surface area contributed by atoms with Gasteiger partial charge in [0.2, 0.25) is 5.91 Å². The molecule has 0 saturated heterocycles. The van der Waals surface area contributed by atoms with Crippen LogP contribution in [-0.4, -0.2) is 20.9 Å². The van der Waals surface area contributed by atoms with Gasteiger partial charge in [-0.3, -0.25) is 4.79 Å². The summed E-state index contributed by atoms with van der Waals surface area (Å²) < 4.78 is 26.2. The Morgan fingerprint density at radius 3 is 2.33 bits per heavy atom. The smallest absolute Gasteiger partial charge is 0.225 e. The van der Waals surface area contributed by atoms with Crippen LogP contribution in [0.3, 0.4) is 0 Å². The van der Waals surface area contributed by atoms with Gasteiger partial charge in [-0.15, -0.1) is 11.3 Å². The van der Waals surface area contributed by atoms with Gasteiger partial charge in [0.15, 0.2) is 9.84 Å². The van der Waals surface area contributed by atoms with Gasteiger partial charge in [0.05, 0.1) is 0 Å². The minimum absolute atomic E-state index is 0.0119. The number of rotatable bonds is 5. The van der Waals surface area contributed by atoms with Gasteiger partial charge < -0.3 is 5.32 Å². The van der Waals surface area contributed by atoms with E-state index < -0.39 is 20.5 Å². The molecule has 1 N–H and O–H groups in total. The highest BCUT2D eigenvalue weighted by molar-refractivity contribution is 7.93. The van der Waals surface area contributed by atoms with Gasteiger partial charge in [-0.1, -0.05) is 50.6 Å². The van der Waals surface area contributed by atoms with Crippen molar-refractivity contribution in [3.63, 3.8) is 0 Å². The third-order valence-corrected chi connectivity index (χ3v) is 7.31. The summed E-state index contributed by atoms with van der Waals surface area (Å²) in [4.78, 5) is 12.1. The number of hydrogen-bond acceptors (Lipinski definition) is 4. The molecule has 0 spiro atoms. The van der Waals surface area contributed by atoms with Crippen LogP contribution in [0.5, 0.6) is 0 Å². The summed E-state index contributed by atoms with van der Waals surface area (Å²) in [5.74, 6) is -0.192. The zero-order valence-corrected chi connectivity index (χ0v) is 16.1. The van der Waals surface area contributed by atoms with Gasteiger partial charge in [0, 0.05) is 17.0 Å². The molecule has 1 amide bonds. The second-order valence-electron chi connectivity index (χ2n) is 6.48. The number of benzene rings is 1. The van der Waals surface area contributed by atoms with Crippen LogP contribution in [-0.2, 0) is 14.6 Å². The SMILES string of the molecule is CC(C)(C)C(=O)NC[C@H](c1ccc(Cl)cc1)S(=O)(=O)c1cccs1. The first kappa shape index (κ1) is 19.0. The number of halogens is 1. The third-order valence-electron chi connectivity index (χ3n) is 3.52. The minimum atomic E-state index is -3.60. The van der Waals surface area contributed by atoms with Gasteiger partial charge in [0.25, 0.3) is 0 Å². The van der Waals surface area contributed by atoms with E-state index in [-0.39, 0.29) is 16.7 Å². The predicted octanol–water partition coefficient (Wildman–Crippen LogP) is 4.08. The standard InChI is InChI=1S/C17H20ClNO3S2/c1-17(2,3)16(20)19-11-14(12-6-8-13(18)9-7-12)24(21,22)15-5-4-10-23-15/h4-10,14H,11H2,1-3H3,(H,19,20)/t14-/m1/s1. The molecule has 0 fully saturated rings. The lowest BCUT2D eigenvalue weighted by Crippen LogP contribution is -2.38. The van der Waals surface area contributed by atoms with Gasteiger partial charge in [-0.2, -0.15) is 0 Å². The van der Waals surface area contributed by atoms with Crippen LogP contribution in [0.1, 0.15) is 31.6 Å². The molecule has 0 bridgehead atoms. The van der Waals surface area contributed by atoms with Crippen molar-refractivity contribution >= 4 is 38.7 Å². The first-order valence-corrected chi connectivity index (χ1v) is 10.2. The third kappa shape index (κ3) is 4.37. The number of carbonyl (C=O) groups excluding carboxylic acids is 1. The van der Waals surface area contributed by atoms with Crippen molar-refractivity contribution in [1.29, 1.82) is 0 Å². The maximum atomic E-state index is 13.0. The van der Waals surface area contributed by atoms with Crippen molar-refractivity contribution in [2.45, 2.75) is 30.2 Å². The van der Waals surface area contributed by atoms with Crippen molar-refractivity contribution in [2.24, 2.45) is 5.41 Å². The van der Waals surface area contributed by atoms with E-state index in [4.69, 9.17) is 11.6 Å². The molecule has 0 aliphatic carbocycles. The predicted molar refractivity (Wildman–Crippen MR) is 98.2 cm³/mol. The summed E-state index contributed by atoms with van der Waals surface area (Å²) in [5.41, 5.74) is 0.0130. The number of amides is 1. The second kappa shape index (κ2) is 7.25. The summed E-state index contributed by atoms with van der Waals surface area (Å²) in [5, 5.41) is 4.15. The van der Waals surface area contributed by atoms with E-state index in [0.29, 0.717) is 10.6 Å². The number of sulfone groups is 1. The lowest BCUT2D eigenvalue weighted by atomic mass is 9.95. The fraction of sp³-hybridized carbons (Fsp3) is 0.353. The van der Waals surface area contributed by atoms with Crippen LogP contribution in [0.25, 0.3) is 0 Å². The fourth-order valence-corrected chi connectivity index (χ4v) is 5.09. The van der Waals surface area contributed by atoms with Crippen molar-refractivity contribution in [2.75, 3.05) is 6.54 Å². The normalized spacial score (nSPS) is 13.5. The topological polar surface area (TPSA) is 63.2 Å². The second-order valence-corrected chi connectivity index (χ2v) is 10.2. The van der Waals surface area contributed by atoms with E-state index in [1.807, 2.05) is 0 Å². The van der Waals surface area contributed by atoms with Crippen LogP contribution < -0.4 is 5.32 Å². The summed E-state index contributed by atoms with van der Waals surface area (Å²) >= 11 is 7.07. The molecule has 1 aromatic carbocycles. The number of nitrogens with one attached hydrogen (secondary N) is 1. The van der Waals surface area contributed by atoms with Crippen LogP contribution in [0.4, 0.5) is 0 Å². The lowest BCUT2D eigenvalue weighted by molar-refractivity contribution is -0.128.